The van der Waals surface area contributed by atoms with Crippen LogP contribution in [-0.4, -0.2) is 6.21 Å². The highest BCUT2D eigenvalue weighted by atomic mass is 79.9. The van der Waals surface area contributed by atoms with Crippen molar-refractivity contribution in [2.45, 2.75) is 12.8 Å². The molecule has 0 bridgehead atoms. The first-order valence-electron chi connectivity index (χ1n) is 2.37. The zero-order valence-electron chi connectivity index (χ0n) is 4.19. The second kappa shape index (κ2) is 2.40. The molecule has 0 spiro atoms. The van der Waals surface area contributed by atoms with Gasteiger partial charge in [-0.3, -0.25) is 4.99 Å². The van der Waals surface area contributed by atoms with E-state index in [1.165, 1.54) is 0 Å². The van der Waals surface area contributed by atoms with Crippen molar-refractivity contribution in [3.63, 3.8) is 0 Å². The van der Waals surface area contributed by atoms with Gasteiger partial charge in [0.15, 0.2) is 0 Å². The molecule has 0 aromatic rings. The van der Waals surface area contributed by atoms with Crippen LogP contribution >= 0.6 is 15.9 Å². The zero-order chi connectivity index (χ0) is 5.98. The summed E-state index contributed by atoms with van der Waals surface area (Å²) in [6, 6.07) is 0. The zero-order valence-corrected chi connectivity index (χ0v) is 5.78. The summed E-state index contributed by atoms with van der Waals surface area (Å²) in [5.74, 6) is -0.146. The second-order valence-corrected chi connectivity index (χ2v) is 2.30. The smallest absolute Gasteiger partial charge is 0.137 e. The fourth-order valence-electron chi connectivity index (χ4n) is 0.509. The van der Waals surface area contributed by atoms with E-state index in [9.17, 15) is 4.39 Å². The molecule has 1 aliphatic rings. The molecule has 0 N–H and O–H groups in total. The van der Waals surface area contributed by atoms with Gasteiger partial charge in [-0.2, -0.15) is 0 Å². The largest absolute Gasteiger partial charge is 0.251 e. The van der Waals surface area contributed by atoms with E-state index in [-0.39, 0.29) is 5.83 Å². The molecule has 0 aromatic carbocycles. The van der Waals surface area contributed by atoms with Gasteiger partial charge in [0.1, 0.15) is 10.4 Å². The van der Waals surface area contributed by atoms with Gasteiger partial charge in [0.2, 0.25) is 0 Å². The van der Waals surface area contributed by atoms with Crippen molar-refractivity contribution < 1.29 is 4.39 Å². The molecule has 1 rings (SSSR count). The van der Waals surface area contributed by atoms with Crippen LogP contribution in [-0.2, 0) is 0 Å². The monoisotopic (exact) mass is 177 g/mol. The first-order valence-corrected chi connectivity index (χ1v) is 3.16. The summed E-state index contributed by atoms with van der Waals surface area (Å²) >= 11 is 2.96. The summed E-state index contributed by atoms with van der Waals surface area (Å²) in [6.45, 7) is 0. The molecule has 1 nitrogen and oxygen atoms in total. The normalized spacial score (nSPS) is 19.8. The lowest BCUT2D eigenvalue weighted by molar-refractivity contribution is 0.587. The summed E-state index contributed by atoms with van der Waals surface area (Å²) in [7, 11) is 0. The topological polar surface area (TPSA) is 12.4 Å². The van der Waals surface area contributed by atoms with Crippen LogP contribution in [0.4, 0.5) is 4.39 Å². The maximum absolute atomic E-state index is 12.3. The molecule has 3 heteroatoms. The predicted molar refractivity (Wildman–Crippen MR) is 34.8 cm³/mol. The number of aliphatic imine (C=N–C) groups is 1. The predicted octanol–water partition coefficient (Wildman–Crippen LogP) is 2.38. The highest BCUT2D eigenvalue weighted by Gasteiger charge is 2.03. The van der Waals surface area contributed by atoms with Crippen LogP contribution in [0.2, 0.25) is 0 Å². The van der Waals surface area contributed by atoms with Gasteiger partial charge in [0.25, 0.3) is 0 Å². The van der Waals surface area contributed by atoms with Gasteiger partial charge in [-0.25, -0.2) is 4.39 Å². The van der Waals surface area contributed by atoms with E-state index < -0.39 is 0 Å². The lowest BCUT2D eigenvalue weighted by atomic mass is 10.3. The van der Waals surface area contributed by atoms with Crippen molar-refractivity contribution in [2.75, 3.05) is 0 Å². The second-order valence-electron chi connectivity index (χ2n) is 1.55. The van der Waals surface area contributed by atoms with Crippen molar-refractivity contribution >= 4 is 22.1 Å². The van der Waals surface area contributed by atoms with Crippen LogP contribution in [0.15, 0.2) is 15.4 Å². The highest BCUT2D eigenvalue weighted by Crippen LogP contribution is 2.21. The molecule has 0 saturated heterocycles. The van der Waals surface area contributed by atoms with Gasteiger partial charge in [-0.05, 0) is 22.4 Å². The summed E-state index contributed by atoms with van der Waals surface area (Å²) in [5, 5.41) is 0. The van der Waals surface area contributed by atoms with Gasteiger partial charge >= 0.3 is 0 Å². The Balaban J connectivity index is 2.76. The van der Waals surface area contributed by atoms with Crippen LogP contribution in [0.25, 0.3) is 0 Å². The van der Waals surface area contributed by atoms with E-state index in [0.29, 0.717) is 11.0 Å². The average Bonchev–Trinajstić information content (AvgIpc) is 1.77. The number of hydrogen-bond acceptors (Lipinski definition) is 1. The van der Waals surface area contributed by atoms with Crippen LogP contribution in [0.5, 0.6) is 0 Å². The Morgan fingerprint density at radius 2 is 2.50 bits per heavy atom. The number of rotatable bonds is 0. The molecular weight excluding hydrogens is 173 g/mol. The molecule has 0 fully saturated rings. The SMILES string of the molecule is FC1=C(Br)N=CCC1. The molecule has 1 heterocycles. The third-order valence-electron chi connectivity index (χ3n) is 0.921. The van der Waals surface area contributed by atoms with E-state index in [1.54, 1.807) is 6.21 Å². The van der Waals surface area contributed by atoms with E-state index >= 15 is 0 Å². The van der Waals surface area contributed by atoms with E-state index in [2.05, 4.69) is 20.9 Å². The number of hydrogen-bond donors (Lipinski definition) is 0. The van der Waals surface area contributed by atoms with Crippen molar-refractivity contribution in [3.8, 4) is 0 Å². The molecule has 0 aromatic heterocycles. The minimum atomic E-state index is -0.146. The summed E-state index contributed by atoms with van der Waals surface area (Å²) in [5.41, 5.74) is 0. The summed E-state index contributed by atoms with van der Waals surface area (Å²) in [4.78, 5) is 3.71. The van der Waals surface area contributed by atoms with Crippen LogP contribution in [0, 0.1) is 0 Å². The quantitative estimate of drug-likeness (QED) is 0.505. The fourth-order valence-corrected chi connectivity index (χ4v) is 0.852. The number of allylic oxidation sites excluding steroid dienone is 1. The van der Waals surface area contributed by atoms with Crippen molar-refractivity contribution in [1.82, 2.24) is 0 Å². The Hall–Kier alpha value is -0.180. The minimum absolute atomic E-state index is 0.146. The third kappa shape index (κ3) is 1.15. The van der Waals surface area contributed by atoms with Gasteiger partial charge in [0.05, 0.1) is 0 Å². The van der Waals surface area contributed by atoms with E-state index in [1.807, 2.05) is 0 Å². The molecule has 0 aliphatic carbocycles. The Labute approximate surface area is 55.4 Å². The highest BCUT2D eigenvalue weighted by molar-refractivity contribution is 9.11. The number of nitrogens with zero attached hydrogens (tertiary/aromatic N) is 1. The fraction of sp³-hybridized carbons (Fsp3) is 0.400. The van der Waals surface area contributed by atoms with Crippen molar-refractivity contribution in [1.29, 1.82) is 0 Å². The number of halogens is 2. The molecule has 0 amide bonds. The first kappa shape index (κ1) is 5.95. The Morgan fingerprint density at radius 1 is 1.75 bits per heavy atom. The summed E-state index contributed by atoms with van der Waals surface area (Å²) < 4.78 is 12.6. The third-order valence-corrected chi connectivity index (χ3v) is 1.56. The van der Waals surface area contributed by atoms with Crippen LogP contribution in [0.3, 0.4) is 0 Å². The van der Waals surface area contributed by atoms with Gasteiger partial charge in [-0.1, -0.05) is 0 Å². The first-order chi connectivity index (χ1) is 3.80. The Morgan fingerprint density at radius 3 is 2.88 bits per heavy atom. The van der Waals surface area contributed by atoms with Crippen LogP contribution in [0.1, 0.15) is 12.8 Å². The standard InChI is InChI=1S/C5H5BrFN/c6-5-4(7)2-1-3-8-5/h3H,1-2H2. The lowest BCUT2D eigenvalue weighted by Gasteiger charge is -1.99. The Kier molecular flexibility index (Phi) is 1.78. The van der Waals surface area contributed by atoms with Crippen molar-refractivity contribution in [3.05, 3.63) is 10.4 Å². The molecule has 0 radical (unpaired) electrons. The maximum atomic E-state index is 12.3. The summed E-state index contributed by atoms with van der Waals surface area (Å²) in [6.07, 6.45) is 2.91. The molecular formula is C5H5BrFN. The maximum Gasteiger partial charge on any atom is 0.137 e. The molecule has 0 unspecified atom stereocenters. The lowest BCUT2D eigenvalue weighted by Crippen LogP contribution is -1.87. The van der Waals surface area contributed by atoms with Crippen LogP contribution < -0.4 is 0 Å². The molecule has 0 atom stereocenters. The Bertz CT molecular complexity index is 151. The van der Waals surface area contributed by atoms with Gasteiger partial charge in [-0.15, -0.1) is 0 Å². The average molecular weight is 178 g/mol. The van der Waals surface area contributed by atoms with Gasteiger partial charge in [0, 0.05) is 12.6 Å². The van der Waals surface area contributed by atoms with Gasteiger partial charge < -0.3 is 0 Å². The van der Waals surface area contributed by atoms with E-state index in [0.717, 1.165) is 6.42 Å². The molecule has 8 heavy (non-hydrogen) atoms. The molecule has 1 aliphatic heterocycles. The molecule has 0 saturated carbocycles. The van der Waals surface area contributed by atoms with Crippen molar-refractivity contribution in [2.24, 2.45) is 4.99 Å². The molecule has 44 valence electrons. The minimum Gasteiger partial charge on any atom is -0.251 e. The van der Waals surface area contributed by atoms with E-state index in [4.69, 9.17) is 0 Å².